The predicted octanol–water partition coefficient (Wildman–Crippen LogP) is 4.87. The second-order valence-corrected chi connectivity index (χ2v) is 8.97. The van der Waals surface area contributed by atoms with Gasteiger partial charge < -0.3 is 14.8 Å². The van der Waals surface area contributed by atoms with Crippen LogP contribution in [0.1, 0.15) is 30.9 Å². The summed E-state index contributed by atoms with van der Waals surface area (Å²) in [6.07, 6.45) is 6.33. The average Bonchev–Trinajstić information content (AvgIpc) is 2.86. The molecule has 4 rings (SSSR count). The van der Waals surface area contributed by atoms with Crippen LogP contribution in [-0.2, 0) is 16.0 Å². The van der Waals surface area contributed by atoms with Gasteiger partial charge in [-0.1, -0.05) is 42.8 Å². The van der Waals surface area contributed by atoms with Crippen LogP contribution >= 0.6 is 11.6 Å². The molecule has 1 saturated heterocycles. The summed E-state index contributed by atoms with van der Waals surface area (Å²) < 4.78 is 11.7. The number of nitrogens with one attached hydrogen (secondary N) is 1. The molecule has 0 saturated carbocycles. The van der Waals surface area contributed by atoms with E-state index in [1.54, 1.807) is 6.07 Å². The molecule has 0 radical (unpaired) electrons. The van der Waals surface area contributed by atoms with Gasteiger partial charge in [0.1, 0.15) is 12.4 Å². The average molecular weight is 482 g/mol. The number of hydrogen-bond acceptors (Lipinski definition) is 5. The highest BCUT2D eigenvalue weighted by Gasteiger charge is 2.16. The highest BCUT2D eigenvalue weighted by atomic mass is 35.5. The van der Waals surface area contributed by atoms with Crippen LogP contribution < -0.4 is 10.1 Å². The monoisotopic (exact) mass is 481 g/mol. The quantitative estimate of drug-likeness (QED) is 0.555. The molecule has 2 aromatic carbocycles. The third-order valence-corrected chi connectivity index (χ3v) is 6.53. The number of amides is 1. The van der Waals surface area contributed by atoms with Crippen molar-refractivity contribution >= 4 is 35.0 Å². The Bertz CT molecular complexity index is 1050. The fourth-order valence-electron chi connectivity index (χ4n) is 4.10. The Hall–Kier alpha value is -2.67. The second-order valence-electron chi connectivity index (χ2n) is 8.57. The molecule has 1 N–H and O–H groups in total. The lowest BCUT2D eigenvalue weighted by atomic mass is 9.99. The molecule has 2 heterocycles. The standard InChI is InChI=1S/C27H32ClN3O3/c1-2-22-8-7-21(19-29-22)24-10-9-23(30-27(32)17-20-5-3-4-6-25(20)28)18-26(24)34-16-13-31-11-14-33-15-12-31/h3-7,9-10,18-19,22H,2,8,11-17H2,1H3,(H,30,32). The molecule has 34 heavy (non-hydrogen) atoms. The minimum absolute atomic E-state index is 0.121. The predicted molar refractivity (Wildman–Crippen MR) is 138 cm³/mol. The Morgan fingerprint density at radius 2 is 2.06 bits per heavy atom. The number of benzene rings is 2. The van der Waals surface area contributed by atoms with Crippen LogP contribution in [0.25, 0.3) is 5.57 Å². The molecule has 2 aromatic rings. The van der Waals surface area contributed by atoms with Crippen LogP contribution in [0.5, 0.6) is 5.75 Å². The minimum Gasteiger partial charge on any atom is -0.492 e. The van der Waals surface area contributed by atoms with E-state index in [1.807, 2.05) is 42.6 Å². The van der Waals surface area contributed by atoms with Crippen molar-refractivity contribution in [3.8, 4) is 5.75 Å². The van der Waals surface area contributed by atoms with E-state index in [4.69, 9.17) is 21.1 Å². The lowest BCUT2D eigenvalue weighted by Crippen LogP contribution is -2.38. The summed E-state index contributed by atoms with van der Waals surface area (Å²) in [6.45, 7) is 6.92. The molecule has 0 spiro atoms. The normalized spacial score (nSPS) is 18.4. The van der Waals surface area contributed by atoms with Gasteiger partial charge in [0.05, 0.1) is 25.7 Å². The number of dihydropyridines is 1. The molecule has 180 valence electrons. The molecule has 2 aliphatic heterocycles. The van der Waals surface area contributed by atoms with Crippen molar-refractivity contribution in [2.75, 3.05) is 44.8 Å². The number of morpholine rings is 1. The van der Waals surface area contributed by atoms with Gasteiger partial charge in [0.15, 0.2) is 0 Å². The zero-order valence-electron chi connectivity index (χ0n) is 19.6. The third kappa shape index (κ3) is 6.69. The second kappa shape index (κ2) is 12.2. The first-order chi connectivity index (χ1) is 16.6. The van der Waals surface area contributed by atoms with Crippen molar-refractivity contribution in [2.45, 2.75) is 32.2 Å². The first kappa shape index (κ1) is 24.5. The summed E-state index contributed by atoms with van der Waals surface area (Å²) in [7, 11) is 0. The van der Waals surface area contributed by atoms with Gasteiger partial charge in [0.25, 0.3) is 0 Å². The van der Waals surface area contributed by atoms with E-state index < -0.39 is 0 Å². The highest BCUT2D eigenvalue weighted by Crippen LogP contribution is 2.31. The summed E-state index contributed by atoms with van der Waals surface area (Å²) in [5.41, 5.74) is 3.54. The maximum atomic E-state index is 12.7. The van der Waals surface area contributed by atoms with E-state index in [-0.39, 0.29) is 12.3 Å². The Labute approximate surface area is 206 Å². The molecular formula is C27H32ClN3O3. The topological polar surface area (TPSA) is 63.2 Å². The number of ether oxygens (including phenoxy) is 2. The summed E-state index contributed by atoms with van der Waals surface area (Å²) in [5, 5.41) is 3.58. The van der Waals surface area contributed by atoms with Gasteiger partial charge in [-0.25, -0.2) is 0 Å². The molecule has 1 unspecified atom stereocenters. The number of nitrogens with zero attached hydrogens (tertiary/aromatic N) is 2. The molecular weight excluding hydrogens is 450 g/mol. The van der Waals surface area contributed by atoms with Crippen LogP contribution in [0.2, 0.25) is 5.02 Å². The van der Waals surface area contributed by atoms with Crippen LogP contribution in [0.3, 0.4) is 0 Å². The van der Waals surface area contributed by atoms with Gasteiger partial charge in [-0.2, -0.15) is 0 Å². The number of halogens is 1. The summed E-state index contributed by atoms with van der Waals surface area (Å²) in [5.74, 6) is 0.626. The lowest BCUT2D eigenvalue weighted by molar-refractivity contribution is -0.115. The Morgan fingerprint density at radius 1 is 1.24 bits per heavy atom. The van der Waals surface area contributed by atoms with Crippen molar-refractivity contribution in [2.24, 2.45) is 4.99 Å². The maximum Gasteiger partial charge on any atom is 0.228 e. The largest absolute Gasteiger partial charge is 0.492 e. The molecule has 0 bridgehead atoms. The van der Waals surface area contributed by atoms with Crippen molar-refractivity contribution < 1.29 is 14.3 Å². The van der Waals surface area contributed by atoms with Crippen LogP contribution in [0, 0.1) is 0 Å². The number of hydrogen-bond donors (Lipinski definition) is 1. The van der Waals surface area contributed by atoms with E-state index in [2.05, 4.69) is 28.2 Å². The molecule has 2 aliphatic rings. The Balaban J connectivity index is 1.47. The minimum atomic E-state index is -0.121. The van der Waals surface area contributed by atoms with Gasteiger partial charge in [-0.3, -0.25) is 14.7 Å². The van der Waals surface area contributed by atoms with Gasteiger partial charge in [-0.15, -0.1) is 0 Å². The summed E-state index contributed by atoms with van der Waals surface area (Å²) in [4.78, 5) is 19.7. The molecule has 0 aromatic heterocycles. The van der Waals surface area contributed by atoms with Crippen molar-refractivity contribution in [1.82, 2.24) is 4.90 Å². The fraction of sp³-hybridized carbons (Fsp3) is 0.407. The van der Waals surface area contributed by atoms with Crippen LogP contribution in [-0.4, -0.2) is 62.5 Å². The van der Waals surface area contributed by atoms with E-state index in [0.717, 1.165) is 68.1 Å². The van der Waals surface area contributed by atoms with E-state index in [0.29, 0.717) is 23.4 Å². The van der Waals surface area contributed by atoms with Gasteiger partial charge in [0, 0.05) is 48.2 Å². The zero-order chi connectivity index (χ0) is 23.8. The lowest BCUT2D eigenvalue weighted by Gasteiger charge is -2.26. The first-order valence-electron chi connectivity index (χ1n) is 12.0. The van der Waals surface area contributed by atoms with Crippen LogP contribution in [0.15, 0.2) is 53.5 Å². The molecule has 1 atom stereocenters. The first-order valence-corrected chi connectivity index (χ1v) is 12.3. The number of allylic oxidation sites excluding steroid dienone is 1. The van der Waals surface area contributed by atoms with E-state index in [9.17, 15) is 4.79 Å². The summed E-state index contributed by atoms with van der Waals surface area (Å²) >= 11 is 6.21. The highest BCUT2D eigenvalue weighted by molar-refractivity contribution is 6.31. The van der Waals surface area contributed by atoms with E-state index >= 15 is 0 Å². The molecule has 1 amide bonds. The van der Waals surface area contributed by atoms with Crippen molar-refractivity contribution in [1.29, 1.82) is 0 Å². The van der Waals surface area contributed by atoms with Gasteiger partial charge in [-0.05, 0) is 42.2 Å². The zero-order valence-corrected chi connectivity index (χ0v) is 20.4. The Kier molecular flexibility index (Phi) is 8.74. The number of aliphatic imine (C=N–C) groups is 1. The molecule has 6 nitrogen and oxygen atoms in total. The number of carbonyl (C=O) groups is 1. The van der Waals surface area contributed by atoms with Crippen molar-refractivity contribution in [3.63, 3.8) is 0 Å². The molecule has 0 aliphatic carbocycles. The number of anilines is 1. The Morgan fingerprint density at radius 3 is 2.79 bits per heavy atom. The maximum absolute atomic E-state index is 12.7. The van der Waals surface area contributed by atoms with Crippen molar-refractivity contribution in [3.05, 3.63) is 64.7 Å². The number of rotatable bonds is 9. The van der Waals surface area contributed by atoms with Crippen LogP contribution in [0.4, 0.5) is 5.69 Å². The fourth-order valence-corrected chi connectivity index (χ4v) is 4.30. The van der Waals surface area contributed by atoms with E-state index in [1.165, 1.54) is 0 Å². The van der Waals surface area contributed by atoms with Gasteiger partial charge in [0.2, 0.25) is 5.91 Å². The number of carbonyl (C=O) groups excluding carboxylic acids is 1. The molecule has 1 fully saturated rings. The molecule has 7 heteroatoms. The van der Waals surface area contributed by atoms with Gasteiger partial charge >= 0.3 is 0 Å². The summed E-state index contributed by atoms with van der Waals surface area (Å²) in [6, 6.07) is 13.6. The third-order valence-electron chi connectivity index (χ3n) is 6.16. The SMILES string of the molecule is CCC1CC=C(c2ccc(NC(=O)Cc3ccccc3Cl)cc2OCCN2CCOCC2)C=N1. The smallest absolute Gasteiger partial charge is 0.228 e.